The summed E-state index contributed by atoms with van der Waals surface area (Å²) in [5, 5.41) is 6.35. The monoisotopic (exact) mass is 346 g/mol. The number of amides is 1. The number of guanidine groups is 1. The molecule has 2 rings (SSSR count). The molecule has 1 amide bonds. The second-order valence-electron chi connectivity index (χ2n) is 7.41. The van der Waals surface area contributed by atoms with Crippen molar-refractivity contribution < 1.29 is 9.53 Å². The summed E-state index contributed by atoms with van der Waals surface area (Å²) in [5.41, 5.74) is 2.04. The van der Waals surface area contributed by atoms with Crippen LogP contribution in [0.25, 0.3) is 0 Å². The molecule has 6 heteroatoms. The lowest BCUT2D eigenvalue weighted by molar-refractivity contribution is 0.0507. The third-order valence-electron chi connectivity index (χ3n) is 4.12. The molecule has 0 radical (unpaired) electrons. The van der Waals surface area contributed by atoms with Gasteiger partial charge in [-0.25, -0.2) is 4.79 Å². The summed E-state index contributed by atoms with van der Waals surface area (Å²) >= 11 is 0. The molecule has 6 nitrogen and oxygen atoms in total. The fourth-order valence-corrected chi connectivity index (χ4v) is 2.86. The van der Waals surface area contributed by atoms with E-state index in [1.807, 2.05) is 32.9 Å². The van der Waals surface area contributed by atoms with Gasteiger partial charge < -0.3 is 20.3 Å². The van der Waals surface area contributed by atoms with Crippen LogP contribution in [0.3, 0.4) is 0 Å². The first kappa shape index (κ1) is 19.1. The molecule has 0 aliphatic carbocycles. The number of ether oxygens (including phenoxy) is 1. The zero-order valence-corrected chi connectivity index (χ0v) is 15.9. The fraction of sp³-hybridized carbons (Fsp3) is 0.579. The first-order valence-corrected chi connectivity index (χ1v) is 8.78. The van der Waals surface area contributed by atoms with Crippen LogP contribution in [0.5, 0.6) is 0 Å². The summed E-state index contributed by atoms with van der Waals surface area (Å²) in [6, 6.07) is 8.39. The van der Waals surface area contributed by atoms with Gasteiger partial charge in [0.25, 0.3) is 0 Å². The van der Waals surface area contributed by atoms with Gasteiger partial charge in [0.15, 0.2) is 5.96 Å². The Hall–Kier alpha value is -2.24. The summed E-state index contributed by atoms with van der Waals surface area (Å²) in [5.74, 6) is 0.858. The van der Waals surface area contributed by atoms with Gasteiger partial charge in [-0.05, 0) is 45.2 Å². The molecule has 0 bridgehead atoms. The number of aliphatic imine (C=N–C) groups is 1. The maximum atomic E-state index is 11.9. The zero-order chi connectivity index (χ0) is 18.4. The normalized spacial score (nSPS) is 18.2. The van der Waals surface area contributed by atoms with Gasteiger partial charge in [-0.2, -0.15) is 0 Å². The molecular weight excluding hydrogens is 316 g/mol. The molecular formula is C19H30N4O2. The predicted octanol–water partition coefficient (Wildman–Crippen LogP) is 2.67. The molecule has 138 valence electrons. The average Bonchev–Trinajstić information content (AvgIpc) is 2.96. The number of alkyl carbamates (subject to hydrolysis) is 1. The summed E-state index contributed by atoms with van der Waals surface area (Å²) < 4.78 is 5.33. The van der Waals surface area contributed by atoms with Crippen LogP contribution in [0.1, 0.15) is 38.3 Å². The Morgan fingerprint density at radius 2 is 2.08 bits per heavy atom. The largest absolute Gasteiger partial charge is 0.444 e. The topological polar surface area (TPSA) is 66.0 Å². The lowest BCUT2D eigenvalue weighted by Crippen LogP contribution is -2.44. The Balaban J connectivity index is 1.85. The van der Waals surface area contributed by atoms with E-state index in [1.54, 1.807) is 7.05 Å². The minimum Gasteiger partial charge on any atom is -0.444 e. The van der Waals surface area contributed by atoms with Crippen LogP contribution in [0.15, 0.2) is 29.3 Å². The molecule has 1 aliphatic heterocycles. The summed E-state index contributed by atoms with van der Waals surface area (Å²) in [7, 11) is 1.79. The maximum absolute atomic E-state index is 11.9. The molecule has 25 heavy (non-hydrogen) atoms. The Bertz CT molecular complexity index is 622. The number of carbonyl (C=O) groups is 1. The van der Waals surface area contributed by atoms with Gasteiger partial charge in [-0.15, -0.1) is 0 Å². The minimum absolute atomic E-state index is 0.0758. The molecule has 1 unspecified atom stereocenters. The van der Waals surface area contributed by atoms with Gasteiger partial charge in [0.1, 0.15) is 5.60 Å². The molecule has 0 spiro atoms. The van der Waals surface area contributed by atoms with E-state index in [0.717, 1.165) is 32.0 Å². The number of carbonyl (C=O) groups excluding carboxylic acids is 1. The summed E-state index contributed by atoms with van der Waals surface area (Å²) in [4.78, 5) is 18.5. The van der Waals surface area contributed by atoms with E-state index in [4.69, 9.17) is 4.74 Å². The number of rotatable bonds is 3. The standard InChI is InChI=1S/C19H30N4O2/c1-14-8-6-7-9-15(14)12-21-17(20-5)23-11-10-16(13-23)22-18(24)25-19(2,3)4/h6-9,16H,10-13H2,1-5H3,(H,20,21)(H,22,24). The van der Waals surface area contributed by atoms with E-state index >= 15 is 0 Å². The Morgan fingerprint density at radius 1 is 1.36 bits per heavy atom. The third-order valence-corrected chi connectivity index (χ3v) is 4.12. The van der Waals surface area contributed by atoms with Gasteiger partial charge >= 0.3 is 6.09 Å². The van der Waals surface area contributed by atoms with Crippen molar-refractivity contribution in [2.45, 2.75) is 52.3 Å². The Morgan fingerprint density at radius 3 is 2.72 bits per heavy atom. The van der Waals surface area contributed by atoms with Crippen LogP contribution in [-0.4, -0.2) is 48.7 Å². The smallest absolute Gasteiger partial charge is 0.407 e. The van der Waals surface area contributed by atoms with Gasteiger partial charge in [-0.1, -0.05) is 24.3 Å². The van der Waals surface area contributed by atoms with Crippen LogP contribution in [0, 0.1) is 6.92 Å². The molecule has 0 saturated carbocycles. The highest BCUT2D eigenvalue weighted by Gasteiger charge is 2.27. The van der Waals surface area contributed by atoms with Crippen molar-refractivity contribution in [3.05, 3.63) is 35.4 Å². The number of benzene rings is 1. The Kier molecular flexibility index (Phi) is 6.28. The first-order chi connectivity index (χ1) is 11.8. The first-order valence-electron chi connectivity index (χ1n) is 8.78. The predicted molar refractivity (Wildman–Crippen MR) is 101 cm³/mol. The number of aryl methyl sites for hydroxylation is 1. The van der Waals surface area contributed by atoms with Gasteiger partial charge in [-0.3, -0.25) is 4.99 Å². The van der Waals surface area contributed by atoms with Crippen molar-refractivity contribution in [1.29, 1.82) is 0 Å². The molecule has 1 heterocycles. The maximum Gasteiger partial charge on any atom is 0.407 e. The summed E-state index contributed by atoms with van der Waals surface area (Å²) in [6.45, 7) is 10.0. The van der Waals surface area contributed by atoms with Crippen molar-refractivity contribution in [3.8, 4) is 0 Å². The lowest BCUT2D eigenvalue weighted by atomic mass is 10.1. The quantitative estimate of drug-likeness (QED) is 0.652. The molecule has 2 N–H and O–H groups in total. The number of nitrogens with zero attached hydrogens (tertiary/aromatic N) is 2. The molecule has 1 aromatic carbocycles. The van der Waals surface area contributed by atoms with E-state index in [2.05, 4.69) is 39.6 Å². The van der Waals surface area contributed by atoms with Crippen molar-refractivity contribution in [1.82, 2.24) is 15.5 Å². The molecule has 1 fully saturated rings. The fourth-order valence-electron chi connectivity index (χ4n) is 2.86. The minimum atomic E-state index is -0.479. The van der Waals surface area contributed by atoms with Crippen LogP contribution < -0.4 is 10.6 Å². The molecule has 1 aliphatic rings. The van der Waals surface area contributed by atoms with E-state index in [0.29, 0.717) is 0 Å². The van der Waals surface area contributed by atoms with E-state index in [9.17, 15) is 4.79 Å². The number of likely N-dealkylation sites (tertiary alicyclic amines) is 1. The van der Waals surface area contributed by atoms with Crippen molar-refractivity contribution in [3.63, 3.8) is 0 Å². The van der Waals surface area contributed by atoms with Gasteiger partial charge in [0.2, 0.25) is 0 Å². The zero-order valence-electron chi connectivity index (χ0n) is 15.9. The Labute approximate surface area is 150 Å². The van der Waals surface area contributed by atoms with Crippen molar-refractivity contribution in [2.24, 2.45) is 4.99 Å². The van der Waals surface area contributed by atoms with Gasteiger partial charge in [0.05, 0.1) is 6.04 Å². The second kappa shape index (κ2) is 8.23. The number of hydrogen-bond acceptors (Lipinski definition) is 3. The van der Waals surface area contributed by atoms with Crippen LogP contribution >= 0.6 is 0 Å². The highest BCUT2D eigenvalue weighted by Crippen LogP contribution is 2.13. The van der Waals surface area contributed by atoms with E-state index < -0.39 is 5.60 Å². The van der Waals surface area contributed by atoms with E-state index in [-0.39, 0.29) is 12.1 Å². The summed E-state index contributed by atoms with van der Waals surface area (Å²) in [6.07, 6.45) is 0.520. The molecule has 1 aromatic rings. The number of nitrogens with one attached hydrogen (secondary N) is 2. The SMILES string of the molecule is CN=C(NCc1ccccc1C)N1CCC(NC(=O)OC(C)(C)C)C1. The lowest BCUT2D eigenvalue weighted by Gasteiger charge is -2.23. The average molecular weight is 346 g/mol. The molecule has 0 aromatic heterocycles. The second-order valence-corrected chi connectivity index (χ2v) is 7.41. The van der Waals surface area contributed by atoms with E-state index in [1.165, 1.54) is 11.1 Å². The molecule has 1 atom stereocenters. The molecule has 1 saturated heterocycles. The van der Waals surface area contributed by atoms with Gasteiger partial charge in [0, 0.05) is 26.7 Å². The number of hydrogen-bond donors (Lipinski definition) is 2. The van der Waals surface area contributed by atoms with Crippen LogP contribution in [0.2, 0.25) is 0 Å². The van der Waals surface area contributed by atoms with Crippen LogP contribution in [0.4, 0.5) is 4.79 Å². The highest BCUT2D eigenvalue weighted by atomic mass is 16.6. The van der Waals surface area contributed by atoms with Crippen molar-refractivity contribution >= 4 is 12.1 Å². The third kappa shape index (κ3) is 5.96. The highest BCUT2D eigenvalue weighted by molar-refractivity contribution is 5.80. The van der Waals surface area contributed by atoms with Crippen molar-refractivity contribution in [2.75, 3.05) is 20.1 Å². The van der Waals surface area contributed by atoms with Crippen LogP contribution in [-0.2, 0) is 11.3 Å².